The van der Waals surface area contributed by atoms with Crippen LogP contribution in [0.2, 0.25) is 0 Å². The van der Waals surface area contributed by atoms with Gasteiger partial charge in [-0.15, -0.1) is 0 Å². The fraction of sp³-hybridized carbons (Fsp3) is 0.520. The lowest BCUT2D eigenvalue weighted by molar-refractivity contribution is -0.146. The highest BCUT2D eigenvalue weighted by Crippen LogP contribution is 2.38. The molecule has 1 fully saturated rings. The Morgan fingerprint density at radius 3 is 2.40 bits per heavy atom. The number of amides is 1. The number of hydrogen-bond donors (Lipinski definition) is 3. The summed E-state index contributed by atoms with van der Waals surface area (Å²) in [4.78, 5) is 59.1. The van der Waals surface area contributed by atoms with E-state index in [1.165, 1.54) is 6.92 Å². The third kappa shape index (κ3) is 6.52. The predicted molar refractivity (Wildman–Crippen MR) is 129 cm³/mol. The standard InChI is InChI=1S/C25H32N4O6/c1-13(27-23(34)35-24(3,4)5)20(31)16(22(32)33)12-18(30)15-8-7-9-17-19(15)28-21(14(2)26-17)29-25(6)10-11-25/h7-9,13,16H,10-12H2,1-6H3,(H,27,34)(H,28,29)(H,32,33)/t13-,16?/m0/s1. The van der Waals surface area contributed by atoms with Crippen molar-refractivity contribution in [1.29, 1.82) is 0 Å². The van der Waals surface area contributed by atoms with Crippen molar-refractivity contribution in [3.05, 3.63) is 29.5 Å². The number of aryl methyl sites for hydroxylation is 1. The summed E-state index contributed by atoms with van der Waals surface area (Å²) in [5.41, 5.74) is 0.878. The molecule has 2 aromatic rings. The molecule has 35 heavy (non-hydrogen) atoms. The predicted octanol–water partition coefficient (Wildman–Crippen LogP) is 3.66. The van der Waals surface area contributed by atoms with Crippen molar-refractivity contribution in [3.63, 3.8) is 0 Å². The van der Waals surface area contributed by atoms with Gasteiger partial charge in [-0.1, -0.05) is 6.07 Å². The summed E-state index contributed by atoms with van der Waals surface area (Å²) in [5, 5.41) is 15.4. The van der Waals surface area contributed by atoms with E-state index >= 15 is 0 Å². The van der Waals surface area contributed by atoms with Gasteiger partial charge in [-0.2, -0.15) is 0 Å². The van der Waals surface area contributed by atoms with Gasteiger partial charge in [0.1, 0.15) is 22.9 Å². The molecule has 1 aromatic heterocycles. The number of carboxylic acid groups (broad SMARTS) is 1. The van der Waals surface area contributed by atoms with Crippen LogP contribution in [0.1, 0.15) is 69.9 Å². The molecule has 0 spiro atoms. The van der Waals surface area contributed by atoms with Gasteiger partial charge in [0.15, 0.2) is 11.6 Å². The Balaban J connectivity index is 1.82. The monoisotopic (exact) mass is 484 g/mol. The summed E-state index contributed by atoms with van der Waals surface area (Å²) in [6.07, 6.45) is 0.580. The molecule has 2 atom stereocenters. The molecule has 3 rings (SSSR count). The lowest BCUT2D eigenvalue weighted by atomic mass is 9.91. The average molecular weight is 485 g/mol. The van der Waals surface area contributed by atoms with Crippen LogP contribution < -0.4 is 10.6 Å². The van der Waals surface area contributed by atoms with Gasteiger partial charge in [0.25, 0.3) is 0 Å². The number of para-hydroxylation sites is 1. The molecule has 10 nitrogen and oxygen atoms in total. The van der Waals surface area contributed by atoms with Gasteiger partial charge in [0.05, 0.1) is 17.3 Å². The van der Waals surface area contributed by atoms with Crippen molar-refractivity contribution in [1.82, 2.24) is 15.3 Å². The zero-order valence-corrected chi connectivity index (χ0v) is 20.9. The van der Waals surface area contributed by atoms with Gasteiger partial charge >= 0.3 is 12.1 Å². The summed E-state index contributed by atoms with van der Waals surface area (Å²) < 4.78 is 5.12. The first-order valence-electron chi connectivity index (χ1n) is 11.5. The van der Waals surface area contributed by atoms with Crippen LogP contribution in [0, 0.1) is 12.8 Å². The minimum absolute atomic E-state index is 0.0514. The van der Waals surface area contributed by atoms with E-state index in [1.807, 2.05) is 6.92 Å². The number of rotatable bonds is 9. The number of nitrogens with one attached hydrogen (secondary N) is 2. The lowest BCUT2D eigenvalue weighted by Crippen LogP contribution is -2.45. The summed E-state index contributed by atoms with van der Waals surface area (Å²) in [7, 11) is 0. The Morgan fingerprint density at radius 1 is 1.17 bits per heavy atom. The van der Waals surface area contributed by atoms with Crippen molar-refractivity contribution in [2.75, 3.05) is 5.32 Å². The lowest BCUT2D eigenvalue weighted by Gasteiger charge is -2.22. The number of fused-ring (bicyclic) bond motifs is 1. The number of carbonyl (C=O) groups excluding carboxylic acids is 3. The molecule has 1 amide bonds. The molecule has 1 aliphatic rings. The van der Waals surface area contributed by atoms with Crippen LogP contribution in [0.5, 0.6) is 0 Å². The number of carbonyl (C=O) groups is 4. The zero-order chi connectivity index (χ0) is 26.1. The second-order valence-corrected chi connectivity index (χ2v) is 10.3. The fourth-order valence-corrected chi connectivity index (χ4v) is 3.57. The van der Waals surface area contributed by atoms with E-state index in [2.05, 4.69) is 27.5 Å². The maximum atomic E-state index is 13.2. The minimum Gasteiger partial charge on any atom is -0.481 e. The number of aromatic nitrogens is 2. The molecule has 1 aliphatic carbocycles. The summed E-state index contributed by atoms with van der Waals surface area (Å²) in [6, 6.07) is 3.75. The zero-order valence-electron chi connectivity index (χ0n) is 20.9. The number of carboxylic acids is 1. The van der Waals surface area contributed by atoms with E-state index in [4.69, 9.17) is 4.74 Å². The van der Waals surface area contributed by atoms with Crippen LogP contribution in [-0.4, -0.2) is 55.9 Å². The summed E-state index contributed by atoms with van der Waals surface area (Å²) in [6.45, 7) is 10.3. The molecular weight excluding hydrogens is 452 g/mol. The molecule has 1 saturated carbocycles. The smallest absolute Gasteiger partial charge is 0.408 e. The Labute approximate surface area is 203 Å². The van der Waals surface area contributed by atoms with Crippen LogP contribution in [0.3, 0.4) is 0 Å². The van der Waals surface area contributed by atoms with Crippen LogP contribution in [0.25, 0.3) is 11.0 Å². The van der Waals surface area contributed by atoms with E-state index in [-0.39, 0.29) is 11.1 Å². The van der Waals surface area contributed by atoms with Gasteiger partial charge in [0.2, 0.25) is 0 Å². The number of hydrogen-bond acceptors (Lipinski definition) is 8. The van der Waals surface area contributed by atoms with Crippen LogP contribution in [-0.2, 0) is 14.3 Å². The molecule has 0 saturated heterocycles. The average Bonchev–Trinajstić information content (AvgIpc) is 3.46. The highest BCUT2D eigenvalue weighted by Gasteiger charge is 2.38. The number of benzene rings is 1. The van der Waals surface area contributed by atoms with Gasteiger partial charge in [0, 0.05) is 17.5 Å². The normalized spacial score (nSPS) is 16.2. The van der Waals surface area contributed by atoms with E-state index in [0.29, 0.717) is 22.5 Å². The van der Waals surface area contributed by atoms with Crippen molar-refractivity contribution >= 4 is 40.5 Å². The van der Waals surface area contributed by atoms with E-state index in [1.54, 1.807) is 39.0 Å². The first-order chi connectivity index (χ1) is 16.2. The highest BCUT2D eigenvalue weighted by molar-refractivity contribution is 6.11. The molecule has 1 unspecified atom stereocenters. The number of anilines is 1. The second-order valence-electron chi connectivity index (χ2n) is 10.3. The molecule has 10 heteroatoms. The van der Waals surface area contributed by atoms with Gasteiger partial charge in [-0.3, -0.25) is 14.4 Å². The first kappa shape index (κ1) is 26.1. The largest absolute Gasteiger partial charge is 0.481 e. The Hall–Kier alpha value is -3.56. The van der Waals surface area contributed by atoms with Crippen molar-refractivity contribution < 1.29 is 29.0 Å². The molecule has 1 heterocycles. The maximum Gasteiger partial charge on any atom is 0.408 e. The van der Waals surface area contributed by atoms with Crippen molar-refractivity contribution in [2.45, 2.75) is 78.0 Å². The first-order valence-corrected chi connectivity index (χ1v) is 11.5. The highest BCUT2D eigenvalue weighted by atomic mass is 16.6. The number of aliphatic carboxylic acids is 1. The number of ketones is 2. The third-order valence-electron chi connectivity index (χ3n) is 5.78. The van der Waals surface area contributed by atoms with Gasteiger partial charge in [-0.25, -0.2) is 14.8 Å². The van der Waals surface area contributed by atoms with E-state index < -0.39 is 47.6 Å². The maximum absolute atomic E-state index is 13.2. The number of ether oxygens (including phenoxy) is 1. The Bertz CT molecular complexity index is 1180. The van der Waals surface area contributed by atoms with Crippen LogP contribution in [0.15, 0.2) is 18.2 Å². The number of Topliss-reactive ketones (excluding diaryl/α,β-unsaturated/α-hetero) is 2. The molecule has 1 aromatic carbocycles. The van der Waals surface area contributed by atoms with Crippen molar-refractivity contribution in [2.24, 2.45) is 5.92 Å². The Morgan fingerprint density at radius 2 is 1.83 bits per heavy atom. The van der Waals surface area contributed by atoms with Gasteiger partial charge in [-0.05, 0) is 66.5 Å². The SMILES string of the molecule is Cc1nc2cccc(C(=O)CC(C(=O)O)C(=O)[C@H](C)NC(=O)OC(C)(C)C)c2nc1NC1(C)CC1. The van der Waals surface area contributed by atoms with Crippen molar-refractivity contribution in [3.8, 4) is 0 Å². The molecule has 0 aliphatic heterocycles. The molecule has 3 N–H and O–H groups in total. The topological polar surface area (TPSA) is 148 Å². The van der Waals surface area contributed by atoms with Crippen LogP contribution in [0.4, 0.5) is 10.6 Å². The summed E-state index contributed by atoms with van der Waals surface area (Å²) >= 11 is 0. The molecule has 0 radical (unpaired) electrons. The van der Waals surface area contributed by atoms with E-state index in [0.717, 1.165) is 12.8 Å². The minimum atomic E-state index is -1.65. The second kappa shape index (κ2) is 9.59. The van der Waals surface area contributed by atoms with Crippen LogP contribution >= 0.6 is 0 Å². The quantitative estimate of drug-likeness (QED) is 0.358. The molecule has 188 valence electrons. The van der Waals surface area contributed by atoms with E-state index in [9.17, 15) is 24.3 Å². The third-order valence-corrected chi connectivity index (χ3v) is 5.78. The van der Waals surface area contributed by atoms with Gasteiger partial charge < -0.3 is 20.5 Å². The molecule has 0 bridgehead atoms. The number of nitrogens with zero attached hydrogens (tertiary/aromatic N) is 2. The number of alkyl carbamates (subject to hydrolysis) is 1. The summed E-state index contributed by atoms with van der Waals surface area (Å²) in [5.74, 6) is -3.89. The fourth-order valence-electron chi connectivity index (χ4n) is 3.57. The Kier molecular flexibility index (Phi) is 7.14. The molecular formula is C25H32N4O6.